The Labute approximate surface area is 217 Å². The molecule has 0 radical (unpaired) electrons. The summed E-state index contributed by atoms with van der Waals surface area (Å²) in [6.45, 7) is 3.18. The lowest BCUT2D eigenvalue weighted by atomic mass is 10.2. The number of hydrogen-bond donors (Lipinski definition) is 1. The summed E-state index contributed by atoms with van der Waals surface area (Å²) in [4.78, 5) is 37.1. The predicted octanol–water partition coefficient (Wildman–Crippen LogP) is 2.09. The molecular formula is C23H24N6O4S3. The van der Waals surface area contributed by atoms with Gasteiger partial charge in [-0.1, -0.05) is 30.0 Å². The van der Waals surface area contributed by atoms with Gasteiger partial charge in [0.25, 0.3) is 11.5 Å². The number of sulfone groups is 1. The molecule has 1 unspecified atom stereocenters. The number of aromatic nitrogens is 4. The Morgan fingerprint density at radius 2 is 2.14 bits per heavy atom. The summed E-state index contributed by atoms with van der Waals surface area (Å²) in [7, 11) is -3.19. The molecule has 5 heterocycles. The number of pyridine rings is 1. The van der Waals surface area contributed by atoms with E-state index in [1.165, 1.54) is 15.4 Å². The molecule has 188 valence electrons. The molecule has 1 amide bonds. The quantitative estimate of drug-likeness (QED) is 0.271. The Balaban J connectivity index is 1.47. The Bertz CT molecular complexity index is 1550. The van der Waals surface area contributed by atoms with Gasteiger partial charge in [0.05, 0.1) is 34.3 Å². The molecule has 2 aliphatic heterocycles. The van der Waals surface area contributed by atoms with Crippen molar-refractivity contribution in [1.29, 1.82) is 0 Å². The van der Waals surface area contributed by atoms with Crippen LogP contribution in [-0.2, 0) is 21.2 Å². The van der Waals surface area contributed by atoms with Gasteiger partial charge in [0.15, 0.2) is 9.84 Å². The van der Waals surface area contributed by atoms with E-state index in [0.717, 1.165) is 30.3 Å². The lowest BCUT2D eigenvalue weighted by Crippen LogP contribution is -2.39. The molecule has 0 saturated carbocycles. The van der Waals surface area contributed by atoms with E-state index >= 15 is 0 Å². The van der Waals surface area contributed by atoms with E-state index in [4.69, 9.17) is 12.2 Å². The lowest BCUT2D eigenvalue weighted by molar-refractivity contribution is -0.123. The molecule has 3 aromatic rings. The number of amides is 1. The fraction of sp³-hybridized carbons (Fsp3) is 0.348. The molecule has 2 aliphatic rings. The Kier molecular flexibility index (Phi) is 6.70. The van der Waals surface area contributed by atoms with Gasteiger partial charge in [0.1, 0.15) is 15.8 Å². The second kappa shape index (κ2) is 9.79. The average Bonchev–Trinajstić information content (AvgIpc) is 3.54. The van der Waals surface area contributed by atoms with Gasteiger partial charge in [-0.3, -0.25) is 18.9 Å². The van der Waals surface area contributed by atoms with Crippen molar-refractivity contribution < 1.29 is 13.2 Å². The monoisotopic (exact) mass is 544 g/mol. The maximum atomic E-state index is 13.5. The molecule has 0 aromatic carbocycles. The third-order valence-corrected chi connectivity index (χ3v) is 9.20. The Hall–Kier alpha value is -3.03. The van der Waals surface area contributed by atoms with Gasteiger partial charge in [0.2, 0.25) is 0 Å². The molecule has 3 aromatic heterocycles. The molecule has 0 bridgehead atoms. The van der Waals surface area contributed by atoms with E-state index in [9.17, 15) is 18.0 Å². The van der Waals surface area contributed by atoms with Crippen LogP contribution in [0.3, 0.4) is 0 Å². The number of hydrogen-bond acceptors (Lipinski definition) is 9. The molecule has 10 nitrogen and oxygen atoms in total. The number of thioether (sulfide) groups is 1. The van der Waals surface area contributed by atoms with Crippen LogP contribution in [0.25, 0.3) is 11.7 Å². The van der Waals surface area contributed by atoms with Crippen LogP contribution >= 0.6 is 24.0 Å². The molecule has 13 heteroatoms. The molecule has 0 spiro atoms. The van der Waals surface area contributed by atoms with E-state index in [2.05, 4.69) is 15.3 Å². The highest BCUT2D eigenvalue weighted by Gasteiger charge is 2.42. The largest absolute Gasteiger partial charge is 0.369 e. The third-order valence-electron chi connectivity index (χ3n) is 6.12. The number of nitrogens with zero attached hydrogens (tertiary/aromatic N) is 5. The van der Waals surface area contributed by atoms with Crippen molar-refractivity contribution in [1.82, 2.24) is 23.8 Å². The van der Waals surface area contributed by atoms with Crippen molar-refractivity contribution in [3.05, 3.63) is 63.4 Å². The van der Waals surface area contributed by atoms with Crippen LogP contribution in [-0.4, -0.2) is 66.6 Å². The SMILES string of the molecule is Cc1ccc2nc(NCCCn3ccnc3)c(/C=C3\SC(=S)N(C4CCS(=O)(=O)C4)C3=O)c(=O)n2c1. The molecular weight excluding hydrogens is 520 g/mol. The summed E-state index contributed by atoms with van der Waals surface area (Å²) in [5.41, 5.74) is 1.32. The highest BCUT2D eigenvalue weighted by atomic mass is 32.2. The van der Waals surface area contributed by atoms with Crippen LogP contribution in [0.5, 0.6) is 0 Å². The summed E-state index contributed by atoms with van der Waals surface area (Å²) in [5.74, 6) is -0.0679. The summed E-state index contributed by atoms with van der Waals surface area (Å²) in [6.07, 6.45) is 9.69. The van der Waals surface area contributed by atoms with E-state index in [-0.39, 0.29) is 33.4 Å². The van der Waals surface area contributed by atoms with Crippen molar-refractivity contribution in [2.45, 2.75) is 32.4 Å². The maximum absolute atomic E-state index is 13.5. The number of carbonyl (C=O) groups excluding carboxylic acids is 1. The number of anilines is 1. The van der Waals surface area contributed by atoms with Gasteiger partial charge >= 0.3 is 0 Å². The second-order valence-electron chi connectivity index (χ2n) is 8.80. The van der Waals surface area contributed by atoms with E-state index < -0.39 is 15.9 Å². The fourth-order valence-electron chi connectivity index (χ4n) is 4.32. The van der Waals surface area contributed by atoms with Crippen LogP contribution < -0.4 is 10.9 Å². The number of carbonyl (C=O) groups is 1. The zero-order valence-electron chi connectivity index (χ0n) is 19.5. The van der Waals surface area contributed by atoms with Crippen molar-refractivity contribution >= 4 is 61.6 Å². The molecule has 36 heavy (non-hydrogen) atoms. The van der Waals surface area contributed by atoms with Gasteiger partial charge in [0, 0.05) is 31.7 Å². The van der Waals surface area contributed by atoms with Gasteiger partial charge in [-0.15, -0.1) is 0 Å². The first-order chi connectivity index (χ1) is 17.2. The standard InChI is InChI=1S/C23H24N6O4S3/c1-15-3-4-19-26-20(25-6-2-8-27-9-7-24-14-27)17(21(30)28(19)12-15)11-18-22(31)29(23(34)35-18)16-5-10-36(32,33)13-16/h3-4,7,9,11-12,14,16,25H,2,5-6,8,10,13H2,1H3/b18-11-. The summed E-state index contributed by atoms with van der Waals surface area (Å²) in [5, 5.41) is 3.25. The van der Waals surface area contributed by atoms with Crippen LogP contribution in [0.15, 0.2) is 46.8 Å². The minimum absolute atomic E-state index is 0.0379. The number of fused-ring (bicyclic) bond motifs is 1. The van der Waals surface area contributed by atoms with E-state index in [1.54, 1.807) is 24.8 Å². The number of nitrogens with one attached hydrogen (secondary N) is 1. The lowest BCUT2D eigenvalue weighted by Gasteiger charge is -2.20. The molecule has 2 saturated heterocycles. The van der Waals surface area contributed by atoms with Crippen LogP contribution in [0, 0.1) is 6.92 Å². The zero-order valence-corrected chi connectivity index (χ0v) is 21.9. The zero-order chi connectivity index (χ0) is 25.4. The molecule has 2 fully saturated rings. The maximum Gasteiger partial charge on any atom is 0.267 e. The normalized spacial score (nSPS) is 20.6. The minimum Gasteiger partial charge on any atom is -0.369 e. The first-order valence-electron chi connectivity index (χ1n) is 11.4. The van der Waals surface area contributed by atoms with Gasteiger partial charge in [-0.2, -0.15) is 0 Å². The number of rotatable bonds is 7. The van der Waals surface area contributed by atoms with Crippen molar-refractivity contribution in [2.24, 2.45) is 0 Å². The topological polar surface area (TPSA) is 119 Å². The van der Waals surface area contributed by atoms with E-state index in [1.807, 2.05) is 23.8 Å². The predicted molar refractivity (Wildman–Crippen MR) is 144 cm³/mol. The van der Waals surface area contributed by atoms with Gasteiger partial charge in [-0.25, -0.2) is 18.4 Å². The highest BCUT2D eigenvalue weighted by molar-refractivity contribution is 8.26. The van der Waals surface area contributed by atoms with Crippen LogP contribution in [0.1, 0.15) is 24.0 Å². The van der Waals surface area contributed by atoms with Crippen molar-refractivity contribution in [3.8, 4) is 0 Å². The second-order valence-corrected chi connectivity index (χ2v) is 12.7. The molecule has 0 aliphatic carbocycles. The van der Waals surface area contributed by atoms with Crippen LogP contribution in [0.2, 0.25) is 0 Å². The van der Waals surface area contributed by atoms with Crippen molar-refractivity contribution in [2.75, 3.05) is 23.4 Å². The smallest absolute Gasteiger partial charge is 0.267 e. The van der Waals surface area contributed by atoms with E-state index in [0.29, 0.717) is 28.8 Å². The first kappa shape index (κ1) is 24.7. The number of imidazole rings is 1. The number of thiocarbonyl (C=S) groups is 1. The molecule has 1 N–H and O–H groups in total. The van der Waals surface area contributed by atoms with Crippen molar-refractivity contribution in [3.63, 3.8) is 0 Å². The van der Waals surface area contributed by atoms with Crippen LogP contribution in [0.4, 0.5) is 5.82 Å². The first-order valence-corrected chi connectivity index (χ1v) is 14.5. The fourth-order valence-corrected chi connectivity index (χ4v) is 7.40. The summed E-state index contributed by atoms with van der Waals surface area (Å²) in [6, 6.07) is 3.18. The molecule has 1 atom stereocenters. The average molecular weight is 545 g/mol. The van der Waals surface area contributed by atoms with Gasteiger partial charge in [-0.05, 0) is 37.5 Å². The summed E-state index contributed by atoms with van der Waals surface area (Å²) >= 11 is 6.49. The Morgan fingerprint density at radius 1 is 1.31 bits per heavy atom. The van der Waals surface area contributed by atoms with Gasteiger partial charge < -0.3 is 9.88 Å². The summed E-state index contributed by atoms with van der Waals surface area (Å²) < 4.78 is 27.6. The Morgan fingerprint density at radius 3 is 2.86 bits per heavy atom. The number of aryl methyl sites for hydroxylation is 2. The highest BCUT2D eigenvalue weighted by Crippen LogP contribution is 2.36. The minimum atomic E-state index is -3.19. The molecule has 5 rings (SSSR count). The third kappa shape index (κ3) is 4.95.